The third kappa shape index (κ3) is 5.85. The summed E-state index contributed by atoms with van der Waals surface area (Å²) in [6.07, 6.45) is 5.91. The second-order valence-electron chi connectivity index (χ2n) is 6.26. The van der Waals surface area contributed by atoms with Crippen LogP contribution in [0.2, 0.25) is 0 Å². The van der Waals surface area contributed by atoms with Crippen molar-refractivity contribution in [1.29, 1.82) is 0 Å². The molecule has 1 unspecified atom stereocenters. The molecule has 2 heterocycles. The molecule has 2 rings (SSSR count). The molecule has 2 aliphatic heterocycles. The zero-order valence-electron chi connectivity index (χ0n) is 14.1. The summed E-state index contributed by atoms with van der Waals surface area (Å²) >= 11 is 0. The van der Waals surface area contributed by atoms with Gasteiger partial charge in [-0.3, -0.25) is 4.99 Å². The molecule has 0 aromatic carbocycles. The zero-order valence-corrected chi connectivity index (χ0v) is 16.4. The number of hydrogen-bond acceptors (Lipinski definition) is 3. The Hall–Kier alpha value is -0.0800. The number of hydrogen-bond donors (Lipinski definition) is 1. The lowest BCUT2D eigenvalue weighted by atomic mass is 9.87. The Labute approximate surface area is 152 Å². The first kappa shape index (κ1) is 20.0. The van der Waals surface area contributed by atoms with Crippen LogP contribution in [0.5, 0.6) is 0 Å². The number of methoxy groups -OCH3 is 1. The highest BCUT2D eigenvalue weighted by Crippen LogP contribution is 2.38. The van der Waals surface area contributed by atoms with Crippen LogP contribution >= 0.6 is 24.0 Å². The van der Waals surface area contributed by atoms with Crippen LogP contribution in [0.3, 0.4) is 0 Å². The summed E-state index contributed by atoms with van der Waals surface area (Å²) in [5.74, 6) is 1.09. The van der Waals surface area contributed by atoms with Crippen molar-refractivity contribution in [3.8, 4) is 0 Å². The van der Waals surface area contributed by atoms with Crippen molar-refractivity contribution in [1.82, 2.24) is 10.2 Å². The van der Waals surface area contributed by atoms with Crippen LogP contribution in [0, 0.1) is 5.41 Å². The maximum absolute atomic E-state index is 5.61. The monoisotopic (exact) mass is 425 g/mol. The predicted molar refractivity (Wildman–Crippen MR) is 101 cm³/mol. The SMILES string of the molecule is CCNC(=NCCCCCOC)N1CCC2(CCOC2)C1.I. The second kappa shape index (κ2) is 10.6. The first-order valence-electron chi connectivity index (χ1n) is 8.40. The summed E-state index contributed by atoms with van der Waals surface area (Å²) in [5, 5.41) is 3.44. The fourth-order valence-corrected chi connectivity index (χ4v) is 3.23. The zero-order chi connectivity index (χ0) is 15.0. The van der Waals surface area contributed by atoms with E-state index in [0.29, 0.717) is 5.41 Å². The van der Waals surface area contributed by atoms with Gasteiger partial charge in [-0.25, -0.2) is 0 Å². The Bertz CT molecular complexity index is 333. The highest BCUT2D eigenvalue weighted by atomic mass is 127. The molecule has 6 heteroatoms. The first-order chi connectivity index (χ1) is 10.3. The first-order valence-corrected chi connectivity index (χ1v) is 8.40. The minimum Gasteiger partial charge on any atom is -0.385 e. The van der Waals surface area contributed by atoms with Crippen molar-refractivity contribution in [2.45, 2.75) is 39.0 Å². The summed E-state index contributed by atoms with van der Waals surface area (Å²) in [7, 11) is 1.76. The Morgan fingerprint density at radius 3 is 2.86 bits per heavy atom. The molecule has 2 fully saturated rings. The fourth-order valence-electron chi connectivity index (χ4n) is 3.23. The lowest BCUT2D eigenvalue weighted by Gasteiger charge is -2.25. The van der Waals surface area contributed by atoms with Gasteiger partial charge in [0.05, 0.1) is 6.61 Å². The molecular weight excluding hydrogens is 393 g/mol. The van der Waals surface area contributed by atoms with Crippen LogP contribution in [0.15, 0.2) is 4.99 Å². The van der Waals surface area contributed by atoms with E-state index in [0.717, 1.165) is 64.8 Å². The minimum atomic E-state index is 0. The molecule has 0 aliphatic carbocycles. The van der Waals surface area contributed by atoms with E-state index in [1.807, 2.05) is 0 Å². The van der Waals surface area contributed by atoms with Crippen LogP contribution < -0.4 is 5.32 Å². The van der Waals surface area contributed by atoms with Gasteiger partial charge in [0.2, 0.25) is 0 Å². The van der Waals surface area contributed by atoms with Gasteiger partial charge >= 0.3 is 0 Å². The summed E-state index contributed by atoms with van der Waals surface area (Å²) < 4.78 is 10.7. The Morgan fingerprint density at radius 2 is 2.18 bits per heavy atom. The van der Waals surface area contributed by atoms with E-state index in [4.69, 9.17) is 14.5 Å². The van der Waals surface area contributed by atoms with Gasteiger partial charge in [-0.2, -0.15) is 0 Å². The molecule has 0 aromatic rings. The van der Waals surface area contributed by atoms with Crippen molar-refractivity contribution in [2.75, 3.05) is 53.1 Å². The summed E-state index contributed by atoms with van der Waals surface area (Å²) in [6.45, 7) is 8.91. The van der Waals surface area contributed by atoms with Crippen LogP contribution in [0.1, 0.15) is 39.0 Å². The van der Waals surface area contributed by atoms with Gasteiger partial charge in [0.15, 0.2) is 5.96 Å². The summed E-state index contributed by atoms with van der Waals surface area (Å²) in [6, 6.07) is 0. The number of nitrogens with zero attached hydrogens (tertiary/aromatic N) is 2. The molecule has 1 atom stereocenters. The Kier molecular flexibility index (Phi) is 9.66. The number of guanidine groups is 1. The quantitative estimate of drug-likeness (QED) is 0.295. The van der Waals surface area contributed by atoms with E-state index in [1.165, 1.54) is 19.3 Å². The van der Waals surface area contributed by atoms with Crippen molar-refractivity contribution in [2.24, 2.45) is 10.4 Å². The largest absolute Gasteiger partial charge is 0.385 e. The molecule has 1 spiro atoms. The molecule has 0 amide bonds. The molecule has 2 saturated heterocycles. The number of ether oxygens (including phenoxy) is 2. The van der Waals surface area contributed by atoms with Crippen molar-refractivity contribution >= 4 is 29.9 Å². The van der Waals surface area contributed by atoms with E-state index in [-0.39, 0.29) is 24.0 Å². The Balaban J connectivity index is 0.00000242. The summed E-state index contributed by atoms with van der Waals surface area (Å²) in [4.78, 5) is 7.22. The standard InChI is InChI=1S/C16H31N3O2.HI/c1-3-17-15(18-9-5-4-6-11-20-2)19-10-7-16(13-19)8-12-21-14-16;/h3-14H2,1-2H3,(H,17,18);1H. The van der Waals surface area contributed by atoms with Crippen LogP contribution in [-0.4, -0.2) is 64.0 Å². The van der Waals surface area contributed by atoms with Gasteiger partial charge < -0.3 is 19.7 Å². The molecule has 130 valence electrons. The molecule has 1 N–H and O–H groups in total. The number of nitrogens with one attached hydrogen (secondary N) is 1. The molecule has 0 aromatic heterocycles. The third-order valence-corrected chi connectivity index (χ3v) is 4.53. The van der Waals surface area contributed by atoms with Gasteiger partial charge in [-0.15, -0.1) is 24.0 Å². The van der Waals surface area contributed by atoms with E-state index < -0.39 is 0 Å². The predicted octanol–water partition coefficient (Wildman–Crippen LogP) is 2.50. The number of halogens is 1. The highest BCUT2D eigenvalue weighted by molar-refractivity contribution is 14.0. The van der Waals surface area contributed by atoms with E-state index >= 15 is 0 Å². The number of unbranched alkanes of at least 4 members (excludes halogenated alkanes) is 2. The van der Waals surface area contributed by atoms with Gasteiger partial charge in [0.1, 0.15) is 0 Å². The van der Waals surface area contributed by atoms with E-state index in [9.17, 15) is 0 Å². The highest BCUT2D eigenvalue weighted by Gasteiger charge is 2.42. The topological polar surface area (TPSA) is 46.1 Å². The smallest absolute Gasteiger partial charge is 0.193 e. The van der Waals surface area contributed by atoms with Crippen molar-refractivity contribution in [3.63, 3.8) is 0 Å². The minimum absolute atomic E-state index is 0. The van der Waals surface area contributed by atoms with Gasteiger partial charge in [0.25, 0.3) is 0 Å². The molecule has 5 nitrogen and oxygen atoms in total. The van der Waals surface area contributed by atoms with Gasteiger partial charge in [0, 0.05) is 51.9 Å². The Morgan fingerprint density at radius 1 is 1.32 bits per heavy atom. The molecular formula is C16H32IN3O2. The average Bonchev–Trinajstić information content (AvgIpc) is 3.12. The van der Waals surface area contributed by atoms with E-state index in [1.54, 1.807) is 7.11 Å². The average molecular weight is 425 g/mol. The lowest BCUT2D eigenvalue weighted by molar-refractivity contribution is 0.156. The van der Waals surface area contributed by atoms with Gasteiger partial charge in [-0.1, -0.05) is 0 Å². The van der Waals surface area contributed by atoms with Crippen molar-refractivity contribution < 1.29 is 9.47 Å². The summed E-state index contributed by atoms with van der Waals surface area (Å²) in [5.41, 5.74) is 0.397. The van der Waals surface area contributed by atoms with Crippen molar-refractivity contribution in [3.05, 3.63) is 0 Å². The molecule has 0 saturated carbocycles. The lowest BCUT2D eigenvalue weighted by Crippen LogP contribution is -2.41. The maximum atomic E-state index is 5.61. The third-order valence-electron chi connectivity index (χ3n) is 4.53. The number of likely N-dealkylation sites (tertiary alicyclic amines) is 1. The van der Waals surface area contributed by atoms with Crippen LogP contribution in [0.4, 0.5) is 0 Å². The van der Waals surface area contributed by atoms with Crippen LogP contribution in [-0.2, 0) is 9.47 Å². The maximum Gasteiger partial charge on any atom is 0.193 e. The second-order valence-corrected chi connectivity index (χ2v) is 6.26. The molecule has 0 bridgehead atoms. The number of aliphatic imine (C=N–C) groups is 1. The fraction of sp³-hybridized carbons (Fsp3) is 0.938. The number of rotatable bonds is 7. The normalized spacial score (nSPS) is 24.8. The molecule has 0 radical (unpaired) electrons. The van der Waals surface area contributed by atoms with Crippen LogP contribution in [0.25, 0.3) is 0 Å². The van der Waals surface area contributed by atoms with E-state index in [2.05, 4.69) is 17.1 Å². The van der Waals surface area contributed by atoms with Gasteiger partial charge in [-0.05, 0) is 39.0 Å². The molecule has 2 aliphatic rings. The molecule has 22 heavy (non-hydrogen) atoms.